The molecule has 0 radical (unpaired) electrons. The molecule has 0 saturated carbocycles. The number of hydrogen-bond acceptors (Lipinski definition) is 4. The van der Waals surface area contributed by atoms with E-state index in [9.17, 15) is 14.4 Å². The van der Waals surface area contributed by atoms with Crippen LogP contribution in [0.25, 0.3) is 0 Å². The number of esters is 1. The second-order valence-corrected chi connectivity index (χ2v) is 3.83. The van der Waals surface area contributed by atoms with Crippen LogP contribution < -0.4 is 10.9 Å². The lowest BCUT2D eigenvalue weighted by atomic mass is 10.1. The normalized spacial score (nSPS) is 10.4. The van der Waals surface area contributed by atoms with Crippen LogP contribution in [0.15, 0.2) is 12.2 Å². The average Bonchev–Trinajstić information content (AvgIpc) is 2.30. The minimum Gasteiger partial charge on any atom is -0.466 e. The number of carbonyl (C=O) groups is 3. The van der Waals surface area contributed by atoms with E-state index in [0.717, 1.165) is 18.6 Å². The molecule has 0 aromatic heterocycles. The van der Waals surface area contributed by atoms with Crippen LogP contribution in [0.4, 0.5) is 0 Å². The van der Waals surface area contributed by atoms with Gasteiger partial charge in [0.25, 0.3) is 5.91 Å². The molecule has 0 fully saturated rings. The van der Waals surface area contributed by atoms with Gasteiger partial charge in [-0.25, -0.2) is 4.79 Å². The van der Waals surface area contributed by atoms with Crippen molar-refractivity contribution < 1.29 is 19.1 Å². The molecule has 0 spiro atoms. The molecule has 0 aromatic carbocycles. The number of hydrogen-bond donors (Lipinski definition) is 2. The summed E-state index contributed by atoms with van der Waals surface area (Å²) in [4.78, 5) is 32.9. The molecule has 0 saturated heterocycles. The third kappa shape index (κ3) is 9.10. The third-order valence-electron chi connectivity index (χ3n) is 1.85. The van der Waals surface area contributed by atoms with Gasteiger partial charge in [0.2, 0.25) is 5.91 Å². The number of nitrogens with one attached hydrogen (secondary N) is 2. The summed E-state index contributed by atoms with van der Waals surface area (Å²) in [5, 5.41) is 0. The van der Waals surface area contributed by atoms with Gasteiger partial charge in [-0.3, -0.25) is 20.4 Å². The Morgan fingerprint density at radius 3 is 2.35 bits per heavy atom. The zero-order chi connectivity index (χ0) is 13.3. The van der Waals surface area contributed by atoms with Crippen molar-refractivity contribution in [2.24, 2.45) is 5.92 Å². The summed E-state index contributed by atoms with van der Waals surface area (Å²) in [6.07, 6.45) is 3.04. The summed E-state index contributed by atoms with van der Waals surface area (Å²) in [7, 11) is 1.21. The lowest BCUT2D eigenvalue weighted by Gasteiger charge is -2.06. The van der Waals surface area contributed by atoms with E-state index in [4.69, 9.17) is 0 Å². The van der Waals surface area contributed by atoms with E-state index in [0.29, 0.717) is 12.3 Å². The summed E-state index contributed by atoms with van der Waals surface area (Å²) < 4.78 is 4.30. The van der Waals surface area contributed by atoms with Crippen molar-refractivity contribution in [2.75, 3.05) is 7.11 Å². The maximum atomic E-state index is 11.2. The van der Waals surface area contributed by atoms with Gasteiger partial charge >= 0.3 is 5.97 Å². The van der Waals surface area contributed by atoms with Crippen molar-refractivity contribution in [2.45, 2.75) is 26.7 Å². The van der Waals surface area contributed by atoms with Gasteiger partial charge in [0.1, 0.15) is 0 Å². The SMILES string of the molecule is COC(=O)/C=C/C(=O)NNC(=O)CCC(C)C. The van der Waals surface area contributed by atoms with Crippen molar-refractivity contribution in [3.8, 4) is 0 Å². The van der Waals surface area contributed by atoms with Crippen LogP contribution in [-0.2, 0) is 19.1 Å². The van der Waals surface area contributed by atoms with E-state index in [1.54, 1.807) is 0 Å². The Hall–Kier alpha value is -1.85. The van der Waals surface area contributed by atoms with Crippen LogP contribution in [0.3, 0.4) is 0 Å². The van der Waals surface area contributed by atoms with Crippen LogP contribution in [0.5, 0.6) is 0 Å². The molecule has 96 valence electrons. The fourth-order valence-electron chi connectivity index (χ4n) is 0.867. The molecule has 0 heterocycles. The van der Waals surface area contributed by atoms with Gasteiger partial charge in [-0.05, 0) is 12.3 Å². The molecular formula is C11H18N2O4. The van der Waals surface area contributed by atoms with Gasteiger partial charge in [0.15, 0.2) is 0 Å². The van der Waals surface area contributed by atoms with Crippen LogP contribution in [0, 0.1) is 5.92 Å². The number of methoxy groups -OCH3 is 1. The highest BCUT2D eigenvalue weighted by Gasteiger charge is 2.04. The molecule has 17 heavy (non-hydrogen) atoms. The fourth-order valence-corrected chi connectivity index (χ4v) is 0.867. The van der Waals surface area contributed by atoms with Crippen molar-refractivity contribution in [1.29, 1.82) is 0 Å². The molecule has 6 nitrogen and oxygen atoms in total. The Labute approximate surface area is 100 Å². The molecule has 2 N–H and O–H groups in total. The monoisotopic (exact) mass is 242 g/mol. The summed E-state index contributed by atoms with van der Waals surface area (Å²) >= 11 is 0. The summed E-state index contributed by atoms with van der Waals surface area (Å²) in [5.74, 6) is -1.06. The molecule has 0 bridgehead atoms. The zero-order valence-corrected chi connectivity index (χ0v) is 10.3. The first-order valence-corrected chi connectivity index (χ1v) is 5.30. The average molecular weight is 242 g/mol. The molecule has 0 rings (SSSR count). The first kappa shape index (κ1) is 15.2. The molecule has 0 unspecified atom stereocenters. The standard InChI is InChI=1S/C11H18N2O4/c1-8(2)4-5-9(14)12-13-10(15)6-7-11(16)17-3/h6-8H,4-5H2,1-3H3,(H,12,14)(H,13,15)/b7-6+. The van der Waals surface area contributed by atoms with Crippen LogP contribution >= 0.6 is 0 Å². The number of ether oxygens (including phenoxy) is 1. The Morgan fingerprint density at radius 2 is 1.82 bits per heavy atom. The molecule has 2 amide bonds. The lowest BCUT2D eigenvalue weighted by molar-refractivity contribution is -0.135. The zero-order valence-electron chi connectivity index (χ0n) is 10.3. The molecule has 0 aliphatic rings. The quantitative estimate of drug-likeness (QED) is 0.412. The van der Waals surface area contributed by atoms with E-state index in [-0.39, 0.29) is 5.91 Å². The molecule has 0 aromatic rings. The summed E-state index contributed by atoms with van der Waals surface area (Å²) in [6.45, 7) is 4.01. The summed E-state index contributed by atoms with van der Waals surface area (Å²) in [6, 6.07) is 0. The summed E-state index contributed by atoms with van der Waals surface area (Å²) in [5.41, 5.74) is 4.39. The topological polar surface area (TPSA) is 84.5 Å². The second kappa shape index (κ2) is 8.32. The molecular weight excluding hydrogens is 224 g/mol. The van der Waals surface area contributed by atoms with E-state index in [1.807, 2.05) is 13.8 Å². The Kier molecular flexibility index (Phi) is 7.41. The van der Waals surface area contributed by atoms with Crippen molar-refractivity contribution in [3.63, 3.8) is 0 Å². The predicted molar refractivity (Wildman–Crippen MR) is 61.5 cm³/mol. The third-order valence-corrected chi connectivity index (χ3v) is 1.85. The highest BCUT2D eigenvalue weighted by molar-refractivity contribution is 5.95. The van der Waals surface area contributed by atoms with Crippen LogP contribution in [0.1, 0.15) is 26.7 Å². The smallest absolute Gasteiger partial charge is 0.330 e. The number of hydrazine groups is 1. The second-order valence-electron chi connectivity index (χ2n) is 3.83. The highest BCUT2D eigenvalue weighted by Crippen LogP contribution is 2.02. The molecule has 0 aliphatic heterocycles. The Balaban J connectivity index is 3.80. The maximum Gasteiger partial charge on any atom is 0.330 e. The van der Waals surface area contributed by atoms with Gasteiger partial charge in [0, 0.05) is 18.6 Å². The van der Waals surface area contributed by atoms with E-state index < -0.39 is 11.9 Å². The Morgan fingerprint density at radius 1 is 1.18 bits per heavy atom. The van der Waals surface area contributed by atoms with Gasteiger partial charge in [-0.1, -0.05) is 13.8 Å². The van der Waals surface area contributed by atoms with Crippen LogP contribution in [0.2, 0.25) is 0 Å². The fraction of sp³-hybridized carbons (Fsp3) is 0.545. The predicted octanol–water partition coefficient (Wildman–Crippen LogP) is 0.299. The maximum absolute atomic E-state index is 11.2. The first-order valence-electron chi connectivity index (χ1n) is 5.30. The van der Waals surface area contributed by atoms with E-state index >= 15 is 0 Å². The van der Waals surface area contributed by atoms with Gasteiger partial charge in [-0.2, -0.15) is 0 Å². The minimum absolute atomic E-state index is 0.265. The number of carbonyl (C=O) groups excluding carboxylic acids is 3. The largest absolute Gasteiger partial charge is 0.466 e. The molecule has 0 aliphatic carbocycles. The molecule has 6 heteroatoms. The van der Waals surface area contributed by atoms with Gasteiger partial charge < -0.3 is 4.74 Å². The Bertz CT molecular complexity index is 311. The molecule has 0 atom stereocenters. The van der Waals surface area contributed by atoms with E-state index in [2.05, 4.69) is 15.6 Å². The first-order chi connectivity index (χ1) is 7.95. The van der Waals surface area contributed by atoms with Crippen molar-refractivity contribution in [3.05, 3.63) is 12.2 Å². The van der Waals surface area contributed by atoms with E-state index in [1.165, 1.54) is 7.11 Å². The van der Waals surface area contributed by atoms with Crippen LogP contribution in [-0.4, -0.2) is 24.9 Å². The number of rotatable bonds is 5. The van der Waals surface area contributed by atoms with Gasteiger partial charge in [0.05, 0.1) is 7.11 Å². The van der Waals surface area contributed by atoms with Gasteiger partial charge in [-0.15, -0.1) is 0 Å². The number of amides is 2. The lowest BCUT2D eigenvalue weighted by Crippen LogP contribution is -2.40. The van der Waals surface area contributed by atoms with Crippen molar-refractivity contribution in [1.82, 2.24) is 10.9 Å². The van der Waals surface area contributed by atoms with Crippen molar-refractivity contribution >= 4 is 17.8 Å². The minimum atomic E-state index is -0.633. The highest BCUT2D eigenvalue weighted by atomic mass is 16.5.